The summed E-state index contributed by atoms with van der Waals surface area (Å²) in [4.78, 5) is 0. The maximum absolute atomic E-state index is 6.30. The number of benzene rings is 2. The van der Waals surface area contributed by atoms with E-state index in [1.807, 2.05) is 24.3 Å². The Morgan fingerprint density at radius 3 is 2.81 bits per heavy atom. The normalized spacial score (nSPS) is 13.6. The van der Waals surface area contributed by atoms with Crippen LogP contribution in [0.3, 0.4) is 0 Å². The first kappa shape index (κ1) is 14.8. The third kappa shape index (κ3) is 3.55. The van der Waals surface area contributed by atoms with Gasteiger partial charge in [-0.25, -0.2) is 0 Å². The average Bonchev–Trinajstić information content (AvgIpc) is 2.72. The minimum absolute atomic E-state index is 0.606. The van der Waals surface area contributed by atoms with Gasteiger partial charge >= 0.3 is 0 Å². The van der Waals surface area contributed by atoms with Gasteiger partial charge in [0.1, 0.15) is 0 Å². The Kier molecular flexibility index (Phi) is 4.75. The Hall–Kier alpha value is -1.14. The summed E-state index contributed by atoms with van der Waals surface area (Å²) in [5.74, 6) is 1.40. The number of hydrogen-bond acceptors (Lipinski definition) is 3. The summed E-state index contributed by atoms with van der Waals surface area (Å²) in [5, 5.41) is 4.02. The molecule has 1 aliphatic heterocycles. The standard InChI is InChI=1S/C16H15ClINO2/c17-12-8-11(9-15-16(12)21-7-3-6-20-15)10-19-14-5-2-1-4-13(14)18/h1-2,4-5,8-9,19H,3,6-7,10H2. The Labute approximate surface area is 142 Å². The number of ether oxygens (including phenoxy) is 2. The van der Waals surface area contributed by atoms with Crippen molar-refractivity contribution in [3.8, 4) is 11.5 Å². The van der Waals surface area contributed by atoms with E-state index in [0.29, 0.717) is 30.5 Å². The van der Waals surface area contributed by atoms with Crippen molar-refractivity contribution >= 4 is 39.9 Å². The van der Waals surface area contributed by atoms with Crippen LogP contribution in [0.4, 0.5) is 5.69 Å². The van der Waals surface area contributed by atoms with Crippen LogP contribution in [0, 0.1) is 3.57 Å². The molecule has 0 saturated carbocycles. The summed E-state index contributed by atoms with van der Waals surface area (Å²) < 4.78 is 12.5. The molecule has 0 aromatic heterocycles. The highest BCUT2D eigenvalue weighted by molar-refractivity contribution is 14.1. The van der Waals surface area contributed by atoms with Gasteiger partial charge in [0.15, 0.2) is 11.5 Å². The van der Waals surface area contributed by atoms with Crippen LogP contribution in [-0.2, 0) is 6.54 Å². The van der Waals surface area contributed by atoms with Gasteiger partial charge < -0.3 is 14.8 Å². The van der Waals surface area contributed by atoms with Crippen LogP contribution in [0.25, 0.3) is 0 Å². The molecule has 0 unspecified atom stereocenters. The number of nitrogens with one attached hydrogen (secondary N) is 1. The molecule has 0 atom stereocenters. The predicted octanol–water partition coefficient (Wildman–Crippen LogP) is 4.72. The fourth-order valence-electron chi connectivity index (χ4n) is 2.19. The van der Waals surface area contributed by atoms with Gasteiger partial charge in [0.2, 0.25) is 0 Å². The molecular weight excluding hydrogens is 401 g/mol. The Bertz CT molecular complexity index is 648. The van der Waals surface area contributed by atoms with E-state index in [0.717, 1.165) is 23.4 Å². The van der Waals surface area contributed by atoms with Crippen molar-refractivity contribution < 1.29 is 9.47 Å². The summed E-state index contributed by atoms with van der Waals surface area (Å²) in [5.41, 5.74) is 2.19. The molecule has 0 aliphatic carbocycles. The second-order valence-corrected chi connectivity index (χ2v) is 6.36. The van der Waals surface area contributed by atoms with Gasteiger partial charge in [-0.3, -0.25) is 0 Å². The molecule has 3 rings (SSSR count). The van der Waals surface area contributed by atoms with Crippen molar-refractivity contribution in [2.75, 3.05) is 18.5 Å². The zero-order chi connectivity index (χ0) is 14.7. The van der Waals surface area contributed by atoms with Gasteiger partial charge in [-0.05, 0) is 52.4 Å². The lowest BCUT2D eigenvalue weighted by Crippen LogP contribution is -2.02. The molecule has 5 heteroatoms. The van der Waals surface area contributed by atoms with Gasteiger partial charge in [0.05, 0.1) is 18.2 Å². The van der Waals surface area contributed by atoms with Gasteiger partial charge in [-0.15, -0.1) is 0 Å². The second kappa shape index (κ2) is 6.75. The van der Waals surface area contributed by atoms with Crippen LogP contribution in [0.15, 0.2) is 36.4 Å². The molecule has 110 valence electrons. The smallest absolute Gasteiger partial charge is 0.179 e. The first-order chi connectivity index (χ1) is 10.2. The molecule has 1 heterocycles. The molecule has 2 aromatic rings. The van der Waals surface area contributed by atoms with Crippen molar-refractivity contribution in [2.45, 2.75) is 13.0 Å². The molecule has 2 aromatic carbocycles. The van der Waals surface area contributed by atoms with Gasteiger partial charge in [0, 0.05) is 22.2 Å². The number of rotatable bonds is 3. The number of fused-ring (bicyclic) bond motifs is 1. The topological polar surface area (TPSA) is 30.5 Å². The van der Waals surface area contributed by atoms with E-state index in [4.69, 9.17) is 21.1 Å². The highest BCUT2D eigenvalue weighted by Gasteiger charge is 2.15. The van der Waals surface area contributed by atoms with E-state index in [1.165, 1.54) is 3.57 Å². The fraction of sp³-hybridized carbons (Fsp3) is 0.250. The summed E-state index contributed by atoms with van der Waals surface area (Å²) in [6.07, 6.45) is 0.876. The Morgan fingerprint density at radius 2 is 1.95 bits per heavy atom. The molecule has 21 heavy (non-hydrogen) atoms. The van der Waals surface area contributed by atoms with E-state index >= 15 is 0 Å². The van der Waals surface area contributed by atoms with Crippen LogP contribution in [0.5, 0.6) is 11.5 Å². The number of halogens is 2. The van der Waals surface area contributed by atoms with Gasteiger partial charge in [-0.1, -0.05) is 23.7 Å². The Morgan fingerprint density at radius 1 is 1.14 bits per heavy atom. The molecule has 0 fully saturated rings. The zero-order valence-corrected chi connectivity index (χ0v) is 14.3. The van der Waals surface area contributed by atoms with E-state index in [1.54, 1.807) is 0 Å². The number of para-hydroxylation sites is 1. The van der Waals surface area contributed by atoms with Crippen molar-refractivity contribution in [1.82, 2.24) is 0 Å². The van der Waals surface area contributed by atoms with E-state index < -0.39 is 0 Å². The lowest BCUT2D eigenvalue weighted by molar-refractivity contribution is 0.297. The van der Waals surface area contributed by atoms with Crippen LogP contribution in [0.1, 0.15) is 12.0 Å². The lowest BCUT2D eigenvalue weighted by Gasteiger charge is -2.13. The van der Waals surface area contributed by atoms with Crippen molar-refractivity contribution in [2.24, 2.45) is 0 Å². The molecule has 1 aliphatic rings. The monoisotopic (exact) mass is 415 g/mol. The van der Waals surface area contributed by atoms with Crippen LogP contribution < -0.4 is 14.8 Å². The van der Waals surface area contributed by atoms with Crippen molar-refractivity contribution in [3.63, 3.8) is 0 Å². The minimum atomic E-state index is 0.606. The van der Waals surface area contributed by atoms with Crippen LogP contribution in [0.2, 0.25) is 5.02 Å². The third-order valence-electron chi connectivity index (χ3n) is 3.22. The molecule has 0 radical (unpaired) electrons. The maximum Gasteiger partial charge on any atom is 0.179 e. The van der Waals surface area contributed by atoms with E-state index in [9.17, 15) is 0 Å². The Balaban J connectivity index is 1.79. The minimum Gasteiger partial charge on any atom is -0.489 e. The summed E-state index contributed by atoms with van der Waals surface area (Å²) in [7, 11) is 0. The zero-order valence-electron chi connectivity index (χ0n) is 11.4. The van der Waals surface area contributed by atoms with Crippen LogP contribution >= 0.6 is 34.2 Å². The van der Waals surface area contributed by atoms with Crippen LogP contribution in [-0.4, -0.2) is 13.2 Å². The second-order valence-electron chi connectivity index (χ2n) is 4.79. The molecule has 0 bridgehead atoms. The SMILES string of the molecule is Clc1cc(CNc2ccccc2I)cc2c1OCCCO2. The third-order valence-corrected chi connectivity index (χ3v) is 4.44. The number of anilines is 1. The molecule has 0 saturated heterocycles. The molecule has 0 amide bonds. The van der Waals surface area contributed by atoms with Gasteiger partial charge in [0.25, 0.3) is 0 Å². The van der Waals surface area contributed by atoms with Crippen molar-refractivity contribution in [1.29, 1.82) is 0 Å². The summed E-state index contributed by atoms with van der Waals surface area (Å²) in [6.45, 7) is 2.00. The first-order valence-electron chi connectivity index (χ1n) is 6.80. The summed E-state index contributed by atoms with van der Waals surface area (Å²) >= 11 is 8.61. The average molecular weight is 416 g/mol. The largest absolute Gasteiger partial charge is 0.489 e. The number of hydrogen-bond donors (Lipinski definition) is 1. The first-order valence-corrected chi connectivity index (χ1v) is 8.26. The highest BCUT2D eigenvalue weighted by atomic mass is 127. The van der Waals surface area contributed by atoms with E-state index in [2.05, 4.69) is 40.0 Å². The maximum atomic E-state index is 6.30. The van der Waals surface area contributed by atoms with Gasteiger partial charge in [-0.2, -0.15) is 0 Å². The quantitative estimate of drug-likeness (QED) is 0.736. The lowest BCUT2D eigenvalue weighted by atomic mass is 10.2. The van der Waals surface area contributed by atoms with E-state index in [-0.39, 0.29) is 0 Å². The molecule has 3 nitrogen and oxygen atoms in total. The predicted molar refractivity (Wildman–Crippen MR) is 93.5 cm³/mol. The highest BCUT2D eigenvalue weighted by Crippen LogP contribution is 2.38. The molecule has 0 spiro atoms. The summed E-state index contributed by atoms with van der Waals surface area (Å²) in [6, 6.07) is 12.1. The molecular formula is C16H15ClINO2. The molecule has 1 N–H and O–H groups in total. The van der Waals surface area contributed by atoms with Crippen molar-refractivity contribution in [3.05, 3.63) is 50.6 Å². The fourth-order valence-corrected chi connectivity index (χ4v) is 3.05.